The zero-order valence-electron chi connectivity index (χ0n) is 10.5. The number of hydrogen-bond acceptors (Lipinski definition) is 3. The molecule has 2 rings (SSSR count). The lowest BCUT2D eigenvalue weighted by atomic mass is 10.1. The maximum absolute atomic E-state index is 7.62. The van der Waals surface area contributed by atoms with E-state index < -0.39 is 0 Å². The predicted octanol–water partition coefficient (Wildman–Crippen LogP) is 1.99. The van der Waals surface area contributed by atoms with Crippen molar-refractivity contribution in [3.05, 3.63) is 23.9 Å². The number of nitrogens with two attached hydrogens (primary N) is 1. The second-order valence-corrected chi connectivity index (χ2v) is 5.07. The average molecular weight is 232 g/mol. The number of nitrogens with one attached hydrogen (secondary N) is 1. The van der Waals surface area contributed by atoms with E-state index in [1.807, 2.05) is 12.1 Å². The summed E-state index contributed by atoms with van der Waals surface area (Å²) >= 11 is 0. The smallest absolute Gasteiger partial charge is 0.139 e. The van der Waals surface area contributed by atoms with E-state index in [0.717, 1.165) is 17.9 Å². The maximum Gasteiger partial charge on any atom is 0.139 e. The standard InChI is InChI=1S/C13H20N4/c1-9(2)8-17(10-5-6-10)13-11(12(14)15)4-3-7-16-13/h3-4,7,9-10H,5-6,8H2,1-2H3,(H3,14,15). The van der Waals surface area contributed by atoms with Crippen LogP contribution in [0.4, 0.5) is 5.82 Å². The summed E-state index contributed by atoms with van der Waals surface area (Å²) in [4.78, 5) is 6.73. The van der Waals surface area contributed by atoms with E-state index in [0.29, 0.717) is 12.0 Å². The van der Waals surface area contributed by atoms with Crippen LogP contribution in [0, 0.1) is 11.3 Å². The Labute approximate surface area is 102 Å². The molecular weight excluding hydrogens is 212 g/mol. The van der Waals surface area contributed by atoms with E-state index in [9.17, 15) is 0 Å². The van der Waals surface area contributed by atoms with Crippen LogP contribution in [0.5, 0.6) is 0 Å². The monoisotopic (exact) mass is 232 g/mol. The zero-order valence-corrected chi connectivity index (χ0v) is 10.5. The minimum Gasteiger partial charge on any atom is -0.384 e. The van der Waals surface area contributed by atoms with Gasteiger partial charge in [-0.1, -0.05) is 13.8 Å². The molecule has 0 bridgehead atoms. The van der Waals surface area contributed by atoms with E-state index in [4.69, 9.17) is 11.1 Å². The molecule has 1 aromatic heterocycles. The third kappa shape index (κ3) is 2.75. The Balaban J connectivity index is 2.31. The number of aromatic nitrogens is 1. The number of nitrogen functional groups attached to an aromatic ring is 1. The molecule has 0 spiro atoms. The SMILES string of the molecule is CC(C)CN(c1ncccc1C(=N)N)C1CC1. The Bertz CT molecular complexity index is 410. The fourth-order valence-corrected chi connectivity index (χ4v) is 2.02. The minimum atomic E-state index is 0.0995. The van der Waals surface area contributed by atoms with E-state index in [1.54, 1.807) is 6.20 Å². The second-order valence-electron chi connectivity index (χ2n) is 5.07. The predicted molar refractivity (Wildman–Crippen MR) is 70.5 cm³/mol. The number of hydrogen-bond donors (Lipinski definition) is 2. The van der Waals surface area contributed by atoms with Crippen LogP contribution in [-0.2, 0) is 0 Å². The fourth-order valence-electron chi connectivity index (χ4n) is 2.02. The molecule has 0 amide bonds. The van der Waals surface area contributed by atoms with Crippen molar-refractivity contribution in [2.24, 2.45) is 11.7 Å². The molecular formula is C13H20N4. The fraction of sp³-hybridized carbons (Fsp3) is 0.538. The number of pyridine rings is 1. The summed E-state index contributed by atoms with van der Waals surface area (Å²) in [6, 6.07) is 4.30. The van der Waals surface area contributed by atoms with Crippen LogP contribution in [0.1, 0.15) is 32.3 Å². The van der Waals surface area contributed by atoms with E-state index in [-0.39, 0.29) is 5.84 Å². The molecule has 4 heteroatoms. The topological polar surface area (TPSA) is 66.0 Å². The van der Waals surface area contributed by atoms with Crippen molar-refractivity contribution in [2.45, 2.75) is 32.7 Å². The molecule has 0 radical (unpaired) electrons. The lowest BCUT2D eigenvalue weighted by Gasteiger charge is -2.27. The van der Waals surface area contributed by atoms with E-state index in [2.05, 4.69) is 23.7 Å². The highest BCUT2D eigenvalue weighted by Crippen LogP contribution is 2.32. The van der Waals surface area contributed by atoms with Gasteiger partial charge in [-0.2, -0.15) is 0 Å². The first-order chi connectivity index (χ1) is 8.09. The number of amidine groups is 1. The highest BCUT2D eigenvalue weighted by Gasteiger charge is 2.31. The summed E-state index contributed by atoms with van der Waals surface area (Å²) in [6.07, 6.45) is 4.22. The first kappa shape index (κ1) is 11.9. The number of anilines is 1. The van der Waals surface area contributed by atoms with Gasteiger partial charge in [0.05, 0.1) is 5.56 Å². The molecule has 3 N–H and O–H groups in total. The van der Waals surface area contributed by atoms with Gasteiger partial charge in [0.1, 0.15) is 11.7 Å². The third-order valence-electron chi connectivity index (χ3n) is 2.90. The third-order valence-corrected chi connectivity index (χ3v) is 2.90. The summed E-state index contributed by atoms with van der Waals surface area (Å²) in [7, 11) is 0. The molecule has 1 aromatic rings. The van der Waals surface area contributed by atoms with Gasteiger partial charge in [0.25, 0.3) is 0 Å². The van der Waals surface area contributed by atoms with Crippen LogP contribution >= 0.6 is 0 Å². The van der Waals surface area contributed by atoms with Crippen molar-refractivity contribution in [3.8, 4) is 0 Å². The zero-order chi connectivity index (χ0) is 12.4. The highest BCUT2D eigenvalue weighted by atomic mass is 15.2. The Morgan fingerprint density at radius 3 is 2.82 bits per heavy atom. The lowest BCUT2D eigenvalue weighted by molar-refractivity contribution is 0.602. The van der Waals surface area contributed by atoms with Gasteiger partial charge in [-0.05, 0) is 30.9 Å². The normalized spacial score (nSPS) is 15.0. The van der Waals surface area contributed by atoms with Gasteiger partial charge in [0.2, 0.25) is 0 Å². The summed E-state index contributed by atoms with van der Waals surface area (Å²) < 4.78 is 0. The molecule has 0 unspecified atom stereocenters. The van der Waals surface area contributed by atoms with Gasteiger partial charge in [0.15, 0.2) is 0 Å². The van der Waals surface area contributed by atoms with Crippen molar-refractivity contribution in [2.75, 3.05) is 11.4 Å². The largest absolute Gasteiger partial charge is 0.384 e. The van der Waals surface area contributed by atoms with Crippen molar-refractivity contribution in [1.29, 1.82) is 5.41 Å². The first-order valence-corrected chi connectivity index (χ1v) is 6.15. The molecule has 1 saturated carbocycles. The Morgan fingerprint density at radius 2 is 2.29 bits per heavy atom. The second kappa shape index (κ2) is 4.73. The van der Waals surface area contributed by atoms with Crippen LogP contribution in [-0.4, -0.2) is 23.4 Å². The van der Waals surface area contributed by atoms with Gasteiger partial charge in [-0.3, -0.25) is 5.41 Å². The van der Waals surface area contributed by atoms with E-state index >= 15 is 0 Å². The Kier molecular flexibility index (Phi) is 3.31. The summed E-state index contributed by atoms with van der Waals surface area (Å²) in [5, 5.41) is 7.62. The highest BCUT2D eigenvalue weighted by molar-refractivity contribution is 5.99. The molecule has 1 aliphatic rings. The molecule has 4 nitrogen and oxygen atoms in total. The summed E-state index contributed by atoms with van der Waals surface area (Å²) in [6.45, 7) is 5.37. The molecule has 1 aliphatic carbocycles. The van der Waals surface area contributed by atoms with Gasteiger partial charge < -0.3 is 10.6 Å². The van der Waals surface area contributed by atoms with Gasteiger partial charge in [0, 0.05) is 18.8 Å². The van der Waals surface area contributed by atoms with Crippen LogP contribution in [0.25, 0.3) is 0 Å². The summed E-state index contributed by atoms with van der Waals surface area (Å²) in [5.41, 5.74) is 6.37. The number of nitrogens with zero attached hydrogens (tertiary/aromatic N) is 2. The molecule has 0 atom stereocenters. The lowest BCUT2D eigenvalue weighted by Crippen LogP contribution is -2.32. The summed E-state index contributed by atoms with van der Waals surface area (Å²) in [5.74, 6) is 1.55. The van der Waals surface area contributed by atoms with Gasteiger partial charge in [-0.15, -0.1) is 0 Å². The van der Waals surface area contributed by atoms with Crippen LogP contribution in [0.2, 0.25) is 0 Å². The maximum atomic E-state index is 7.62. The van der Waals surface area contributed by atoms with Crippen molar-refractivity contribution in [3.63, 3.8) is 0 Å². The molecule has 92 valence electrons. The molecule has 0 aromatic carbocycles. The molecule has 0 saturated heterocycles. The van der Waals surface area contributed by atoms with Gasteiger partial charge in [-0.25, -0.2) is 4.98 Å². The minimum absolute atomic E-state index is 0.0995. The van der Waals surface area contributed by atoms with Gasteiger partial charge >= 0.3 is 0 Å². The Morgan fingerprint density at radius 1 is 1.59 bits per heavy atom. The first-order valence-electron chi connectivity index (χ1n) is 6.15. The Hall–Kier alpha value is -1.58. The van der Waals surface area contributed by atoms with Crippen molar-refractivity contribution < 1.29 is 0 Å². The average Bonchev–Trinajstić information content (AvgIpc) is 3.09. The van der Waals surface area contributed by atoms with Crippen molar-refractivity contribution in [1.82, 2.24) is 4.98 Å². The van der Waals surface area contributed by atoms with Crippen LogP contribution in [0.3, 0.4) is 0 Å². The molecule has 1 heterocycles. The molecule has 17 heavy (non-hydrogen) atoms. The quantitative estimate of drug-likeness (QED) is 0.602. The van der Waals surface area contributed by atoms with Crippen LogP contribution < -0.4 is 10.6 Å². The molecule has 0 aliphatic heterocycles. The van der Waals surface area contributed by atoms with Crippen molar-refractivity contribution >= 4 is 11.7 Å². The molecule has 1 fully saturated rings. The number of rotatable bonds is 5. The van der Waals surface area contributed by atoms with Crippen LogP contribution in [0.15, 0.2) is 18.3 Å². The van der Waals surface area contributed by atoms with E-state index in [1.165, 1.54) is 12.8 Å².